The van der Waals surface area contributed by atoms with Crippen LogP contribution in [0.2, 0.25) is 0 Å². The van der Waals surface area contributed by atoms with Crippen molar-refractivity contribution in [2.45, 2.75) is 31.7 Å². The molecular weight excluding hydrogens is 466 g/mol. The maximum Gasteiger partial charge on any atom is 0.279 e. The number of aromatic amines is 1. The van der Waals surface area contributed by atoms with Gasteiger partial charge in [0, 0.05) is 31.6 Å². The molecule has 180 valence electrons. The van der Waals surface area contributed by atoms with Crippen molar-refractivity contribution in [3.8, 4) is 11.4 Å². The fourth-order valence-electron chi connectivity index (χ4n) is 3.56. The number of hydrogen-bond acceptors (Lipinski definition) is 7. The summed E-state index contributed by atoms with van der Waals surface area (Å²) in [5.74, 6) is -3.72. The van der Waals surface area contributed by atoms with Crippen LogP contribution in [0, 0.1) is 11.3 Å². The van der Waals surface area contributed by atoms with E-state index in [4.69, 9.17) is 5.41 Å². The Morgan fingerprint density at radius 2 is 2.12 bits per heavy atom. The highest BCUT2D eigenvalue weighted by Gasteiger charge is 2.48. The van der Waals surface area contributed by atoms with Gasteiger partial charge in [-0.05, 0) is 19.1 Å². The molecule has 33 heavy (non-hydrogen) atoms. The predicted octanol–water partition coefficient (Wildman–Crippen LogP) is 2.56. The van der Waals surface area contributed by atoms with Gasteiger partial charge in [0.2, 0.25) is 10.0 Å². The number of halogens is 4. The van der Waals surface area contributed by atoms with Gasteiger partial charge in [-0.1, -0.05) is 0 Å². The lowest BCUT2D eigenvalue weighted by Gasteiger charge is -2.44. The van der Waals surface area contributed by atoms with Gasteiger partial charge in [-0.2, -0.15) is 0 Å². The Morgan fingerprint density at radius 3 is 2.79 bits per heavy atom. The third-order valence-corrected chi connectivity index (χ3v) is 6.03. The smallest absolute Gasteiger partial charge is 0.279 e. The fraction of sp³-hybridized carbons (Fsp3) is 0.474. The third kappa shape index (κ3) is 6.13. The second-order valence-electron chi connectivity index (χ2n) is 7.71. The molecule has 9 nitrogen and oxygen atoms in total. The highest BCUT2D eigenvalue weighted by molar-refractivity contribution is 7.88. The molecule has 3 rings (SSSR count). The first-order valence-corrected chi connectivity index (χ1v) is 11.8. The molecule has 2 aromatic rings. The van der Waals surface area contributed by atoms with Crippen LogP contribution in [0.1, 0.15) is 19.2 Å². The molecule has 0 aliphatic carbocycles. The van der Waals surface area contributed by atoms with E-state index in [2.05, 4.69) is 24.7 Å². The van der Waals surface area contributed by atoms with E-state index in [0.29, 0.717) is 17.2 Å². The van der Waals surface area contributed by atoms with Crippen LogP contribution < -0.4 is 9.62 Å². The molecule has 0 bridgehead atoms. The standard InChI is InChI=1S/C19H23F4N7O2S/c1-11-12(8-28-33(2,31)32)19(22,23)5-6-30(11)17-7-14(26-10-27-17)15-9-25-16(29-15)4-3-13(24)18(20)21/h3-4,7,9-12,18,24,28H,5-6,8H2,1-2H3,(H,25,29)/b4-3-,24-13?. The zero-order valence-corrected chi connectivity index (χ0v) is 18.6. The lowest BCUT2D eigenvalue weighted by Crippen LogP contribution is -2.56. The average Bonchev–Trinajstić information content (AvgIpc) is 3.20. The second kappa shape index (κ2) is 9.55. The monoisotopic (exact) mass is 489 g/mol. The van der Waals surface area contributed by atoms with E-state index in [-0.39, 0.29) is 12.4 Å². The molecule has 2 atom stereocenters. The van der Waals surface area contributed by atoms with Crippen LogP contribution >= 0.6 is 0 Å². The molecule has 0 amide bonds. The van der Waals surface area contributed by atoms with Crippen molar-refractivity contribution >= 4 is 27.6 Å². The number of nitrogens with one attached hydrogen (secondary N) is 3. The van der Waals surface area contributed by atoms with Crippen molar-refractivity contribution in [3.05, 3.63) is 30.5 Å². The topological polar surface area (TPSA) is 128 Å². The van der Waals surface area contributed by atoms with Gasteiger partial charge in [-0.3, -0.25) is 5.41 Å². The van der Waals surface area contributed by atoms with Gasteiger partial charge in [-0.25, -0.2) is 45.7 Å². The molecule has 1 fully saturated rings. The fourth-order valence-corrected chi connectivity index (χ4v) is 4.04. The number of anilines is 1. The molecule has 1 aliphatic rings. The minimum Gasteiger partial charge on any atom is -0.353 e. The molecule has 14 heteroatoms. The Bertz CT molecular complexity index is 1140. The lowest BCUT2D eigenvalue weighted by atomic mass is 9.86. The van der Waals surface area contributed by atoms with Crippen LogP contribution in [0.15, 0.2) is 24.7 Å². The zero-order chi connectivity index (χ0) is 24.4. The number of imidazole rings is 1. The van der Waals surface area contributed by atoms with E-state index in [1.54, 1.807) is 17.9 Å². The largest absolute Gasteiger partial charge is 0.353 e. The van der Waals surface area contributed by atoms with Crippen LogP contribution in [0.25, 0.3) is 17.5 Å². The van der Waals surface area contributed by atoms with E-state index in [9.17, 15) is 26.0 Å². The number of piperidine rings is 1. The molecule has 3 N–H and O–H groups in total. The number of rotatable bonds is 8. The third-order valence-electron chi connectivity index (χ3n) is 5.34. The highest BCUT2D eigenvalue weighted by Crippen LogP contribution is 2.39. The Labute approximate surface area is 187 Å². The first-order valence-electron chi connectivity index (χ1n) is 9.88. The van der Waals surface area contributed by atoms with Gasteiger partial charge in [0.25, 0.3) is 12.3 Å². The summed E-state index contributed by atoms with van der Waals surface area (Å²) in [6, 6.07) is 0.842. The Morgan fingerprint density at radius 1 is 1.39 bits per heavy atom. The van der Waals surface area contributed by atoms with Crippen molar-refractivity contribution in [3.63, 3.8) is 0 Å². The summed E-state index contributed by atoms with van der Waals surface area (Å²) in [5, 5.41) is 7.14. The quantitative estimate of drug-likeness (QED) is 0.386. The summed E-state index contributed by atoms with van der Waals surface area (Å²) in [4.78, 5) is 16.9. The number of H-pyrrole nitrogens is 1. The van der Waals surface area contributed by atoms with Crippen molar-refractivity contribution in [1.29, 1.82) is 5.41 Å². The molecular formula is C19H23F4N7O2S. The van der Waals surface area contributed by atoms with E-state index < -0.39 is 53.0 Å². The van der Waals surface area contributed by atoms with E-state index in [1.807, 2.05) is 0 Å². The normalized spacial score (nSPS) is 21.1. The van der Waals surface area contributed by atoms with Gasteiger partial charge in [0.15, 0.2) is 0 Å². The Balaban J connectivity index is 1.81. The minimum absolute atomic E-state index is 0.00665. The van der Waals surface area contributed by atoms with Gasteiger partial charge < -0.3 is 9.88 Å². The van der Waals surface area contributed by atoms with Gasteiger partial charge in [-0.15, -0.1) is 0 Å². The molecule has 2 aromatic heterocycles. The molecule has 1 saturated heterocycles. The number of hydrogen-bond donors (Lipinski definition) is 3. The maximum absolute atomic E-state index is 14.5. The molecule has 0 aromatic carbocycles. The second-order valence-corrected chi connectivity index (χ2v) is 9.54. The first kappa shape index (κ1) is 24.8. The molecule has 0 spiro atoms. The number of alkyl halides is 4. The Hall–Kier alpha value is -2.87. The lowest BCUT2D eigenvalue weighted by molar-refractivity contribution is -0.0824. The first-order chi connectivity index (χ1) is 15.4. The molecule has 0 saturated carbocycles. The Kier molecular flexibility index (Phi) is 7.17. The van der Waals surface area contributed by atoms with Gasteiger partial charge >= 0.3 is 0 Å². The number of allylic oxidation sites excluding steroid dienone is 1. The van der Waals surface area contributed by atoms with Crippen molar-refractivity contribution in [2.24, 2.45) is 5.92 Å². The molecule has 1 aliphatic heterocycles. The highest BCUT2D eigenvalue weighted by atomic mass is 32.2. The maximum atomic E-state index is 14.5. The van der Waals surface area contributed by atoms with Crippen molar-refractivity contribution in [2.75, 3.05) is 24.2 Å². The summed E-state index contributed by atoms with van der Waals surface area (Å²) >= 11 is 0. The minimum atomic E-state index is -3.63. The summed E-state index contributed by atoms with van der Waals surface area (Å²) in [6.07, 6.45) is 2.39. The molecule has 3 heterocycles. The van der Waals surface area contributed by atoms with Gasteiger partial charge in [0.1, 0.15) is 18.0 Å². The molecule has 2 unspecified atom stereocenters. The number of aromatic nitrogens is 4. The van der Waals surface area contributed by atoms with Crippen LogP contribution in [0.4, 0.5) is 23.4 Å². The predicted molar refractivity (Wildman–Crippen MR) is 115 cm³/mol. The molecule has 0 radical (unpaired) electrons. The van der Waals surface area contributed by atoms with Crippen LogP contribution in [0.5, 0.6) is 0 Å². The van der Waals surface area contributed by atoms with Crippen molar-refractivity contribution < 1.29 is 26.0 Å². The van der Waals surface area contributed by atoms with E-state index in [0.717, 1.165) is 12.3 Å². The summed E-state index contributed by atoms with van der Waals surface area (Å²) in [7, 11) is -3.63. The van der Waals surface area contributed by atoms with E-state index >= 15 is 0 Å². The van der Waals surface area contributed by atoms with Crippen LogP contribution in [-0.2, 0) is 10.0 Å². The van der Waals surface area contributed by atoms with Crippen molar-refractivity contribution in [1.82, 2.24) is 24.7 Å². The zero-order valence-electron chi connectivity index (χ0n) is 17.8. The summed E-state index contributed by atoms with van der Waals surface area (Å²) in [6.45, 7) is 1.18. The number of nitrogens with zero attached hydrogens (tertiary/aromatic N) is 4. The van der Waals surface area contributed by atoms with Crippen LogP contribution in [0.3, 0.4) is 0 Å². The SMILES string of the molecule is CC1C(CNS(C)(=O)=O)C(F)(F)CCN1c1cc(-c2cnc(/C=C\C(=N)C(F)F)[nH]2)ncn1. The number of sulfonamides is 1. The van der Waals surface area contributed by atoms with Gasteiger partial charge in [0.05, 0.1) is 35.5 Å². The summed E-state index contributed by atoms with van der Waals surface area (Å²) < 4.78 is 78.9. The summed E-state index contributed by atoms with van der Waals surface area (Å²) in [5.41, 5.74) is -0.0216. The average molecular weight is 489 g/mol. The van der Waals surface area contributed by atoms with Crippen LogP contribution in [-0.4, -0.2) is 71.8 Å². The van der Waals surface area contributed by atoms with E-state index in [1.165, 1.54) is 18.6 Å².